The summed E-state index contributed by atoms with van der Waals surface area (Å²) in [7, 11) is 0. The fourth-order valence-corrected chi connectivity index (χ4v) is 8.81. The highest BCUT2D eigenvalue weighted by molar-refractivity contribution is 6.15. The van der Waals surface area contributed by atoms with Crippen molar-refractivity contribution in [3.05, 3.63) is 200 Å². The van der Waals surface area contributed by atoms with Gasteiger partial charge in [0.1, 0.15) is 5.65 Å². The maximum atomic E-state index is 5.33. The van der Waals surface area contributed by atoms with E-state index in [0.717, 1.165) is 66.4 Å². The summed E-state index contributed by atoms with van der Waals surface area (Å²) in [5, 5.41) is 11.6. The summed E-state index contributed by atoms with van der Waals surface area (Å²) in [6.07, 6.45) is 2.09. The van der Waals surface area contributed by atoms with Crippen LogP contribution in [0.2, 0.25) is 0 Å². The second kappa shape index (κ2) is 13.3. The summed E-state index contributed by atoms with van der Waals surface area (Å²) in [6.45, 7) is 0. The van der Waals surface area contributed by atoms with Gasteiger partial charge in [0.2, 0.25) is 0 Å². The van der Waals surface area contributed by atoms with Gasteiger partial charge < -0.3 is 0 Å². The Morgan fingerprint density at radius 1 is 0.305 bits per heavy atom. The van der Waals surface area contributed by atoms with Gasteiger partial charge >= 0.3 is 0 Å². The number of pyridine rings is 1. The van der Waals surface area contributed by atoms with E-state index >= 15 is 0 Å². The minimum Gasteiger partial charge on any atom is -0.299 e. The summed E-state index contributed by atoms with van der Waals surface area (Å²) >= 11 is 0. The summed E-state index contributed by atoms with van der Waals surface area (Å²) < 4.78 is 2.18. The molecule has 0 N–H and O–H groups in total. The molecule has 0 radical (unpaired) electrons. The fraction of sp³-hybridized carbons (Fsp3) is 0. The first kappa shape index (κ1) is 33.2. The zero-order valence-corrected chi connectivity index (χ0v) is 31.8. The van der Waals surface area contributed by atoms with E-state index in [4.69, 9.17) is 19.9 Å². The molecule has 0 fully saturated rings. The SMILES string of the molecule is c1ccc2cc(-c3c(-c4ccc(-c5nc(-c6cc7ccccc7c7ccccc67)nc(-c6cc7ccccc7c7ccccc67)n5)cc4)nc4ccccn34)ccc2c1. The molecule has 0 spiro atoms. The molecular weight excluding hydrogens is 719 g/mol. The van der Waals surface area contributed by atoms with Crippen molar-refractivity contribution in [3.8, 4) is 56.7 Å². The number of fused-ring (bicyclic) bond motifs is 8. The molecule has 0 amide bonds. The van der Waals surface area contributed by atoms with Gasteiger partial charge in [0.15, 0.2) is 17.5 Å². The molecule has 3 heterocycles. The van der Waals surface area contributed by atoms with Crippen molar-refractivity contribution < 1.29 is 0 Å². The Labute approximate surface area is 339 Å². The minimum absolute atomic E-state index is 0.607. The van der Waals surface area contributed by atoms with Gasteiger partial charge in [-0.25, -0.2) is 19.9 Å². The van der Waals surface area contributed by atoms with Crippen molar-refractivity contribution in [2.24, 2.45) is 0 Å². The summed E-state index contributed by atoms with van der Waals surface area (Å²) in [5.74, 6) is 1.87. The Morgan fingerprint density at radius 3 is 1.41 bits per heavy atom. The Kier molecular flexibility index (Phi) is 7.47. The van der Waals surface area contributed by atoms with Gasteiger partial charge in [-0.15, -0.1) is 0 Å². The van der Waals surface area contributed by atoms with Crippen molar-refractivity contribution in [2.45, 2.75) is 0 Å². The molecule has 3 aromatic heterocycles. The van der Waals surface area contributed by atoms with Gasteiger partial charge in [-0.2, -0.15) is 0 Å². The van der Waals surface area contributed by atoms with Crippen LogP contribution in [0.4, 0.5) is 0 Å². The predicted molar refractivity (Wildman–Crippen MR) is 243 cm³/mol. The van der Waals surface area contributed by atoms with Crippen molar-refractivity contribution in [1.29, 1.82) is 0 Å². The number of benzene rings is 9. The molecule has 0 unspecified atom stereocenters. The first-order chi connectivity index (χ1) is 29.2. The average molecular weight is 752 g/mol. The molecule has 12 aromatic rings. The van der Waals surface area contributed by atoms with Crippen molar-refractivity contribution in [2.75, 3.05) is 0 Å². The van der Waals surface area contributed by atoms with Gasteiger partial charge in [-0.3, -0.25) is 4.40 Å². The van der Waals surface area contributed by atoms with Crippen LogP contribution in [-0.2, 0) is 0 Å². The van der Waals surface area contributed by atoms with Crippen molar-refractivity contribution in [1.82, 2.24) is 24.3 Å². The summed E-state index contributed by atoms with van der Waals surface area (Å²) in [4.78, 5) is 21.1. The first-order valence-corrected chi connectivity index (χ1v) is 19.9. The topological polar surface area (TPSA) is 56.0 Å². The smallest absolute Gasteiger partial charge is 0.164 e. The molecule has 0 atom stereocenters. The Bertz CT molecular complexity index is 3490. The highest BCUT2D eigenvalue weighted by Crippen LogP contribution is 2.39. The van der Waals surface area contributed by atoms with Crippen LogP contribution in [-0.4, -0.2) is 24.3 Å². The van der Waals surface area contributed by atoms with Crippen LogP contribution in [0.3, 0.4) is 0 Å². The molecule has 0 saturated carbocycles. The Balaban J connectivity index is 1.06. The van der Waals surface area contributed by atoms with Crippen LogP contribution in [0, 0.1) is 0 Å². The Hall–Kier alpha value is -8.02. The van der Waals surface area contributed by atoms with E-state index in [1.165, 1.54) is 32.3 Å². The van der Waals surface area contributed by atoms with E-state index in [9.17, 15) is 0 Å². The molecule has 0 bridgehead atoms. The number of aromatic nitrogens is 5. The average Bonchev–Trinajstić information content (AvgIpc) is 3.70. The quantitative estimate of drug-likeness (QED) is 0.164. The summed E-state index contributed by atoms with van der Waals surface area (Å²) in [6, 6.07) is 68.3. The molecular formula is C54H33N5. The maximum absolute atomic E-state index is 5.33. The molecule has 0 saturated heterocycles. The zero-order valence-electron chi connectivity index (χ0n) is 31.8. The number of imidazole rings is 1. The third kappa shape index (κ3) is 5.47. The molecule has 5 nitrogen and oxygen atoms in total. The van der Waals surface area contributed by atoms with Gasteiger partial charge in [0, 0.05) is 34.0 Å². The molecule has 9 aromatic carbocycles. The van der Waals surface area contributed by atoms with Gasteiger partial charge in [0.25, 0.3) is 0 Å². The predicted octanol–water partition coefficient (Wildman–Crippen LogP) is 13.6. The molecule has 0 aliphatic heterocycles. The lowest BCUT2D eigenvalue weighted by atomic mass is 9.96. The third-order valence-electron chi connectivity index (χ3n) is 11.6. The van der Waals surface area contributed by atoms with E-state index in [1.54, 1.807) is 0 Å². The third-order valence-corrected chi connectivity index (χ3v) is 11.6. The van der Waals surface area contributed by atoms with Gasteiger partial charge in [0.05, 0.1) is 11.4 Å². The first-order valence-electron chi connectivity index (χ1n) is 19.9. The zero-order chi connectivity index (χ0) is 38.9. The van der Waals surface area contributed by atoms with E-state index in [2.05, 4.69) is 199 Å². The summed E-state index contributed by atoms with van der Waals surface area (Å²) in [5.41, 5.74) is 7.81. The Morgan fingerprint density at radius 2 is 0.780 bits per heavy atom. The fourth-order valence-electron chi connectivity index (χ4n) is 8.81. The lowest BCUT2D eigenvalue weighted by Gasteiger charge is -2.14. The monoisotopic (exact) mass is 751 g/mol. The van der Waals surface area contributed by atoms with E-state index in [-0.39, 0.29) is 0 Å². The molecule has 274 valence electrons. The van der Waals surface area contributed by atoms with E-state index in [0.29, 0.717) is 17.5 Å². The van der Waals surface area contributed by atoms with Gasteiger partial charge in [-0.05, 0) is 84.2 Å². The largest absolute Gasteiger partial charge is 0.299 e. The number of hydrogen-bond acceptors (Lipinski definition) is 4. The maximum Gasteiger partial charge on any atom is 0.164 e. The molecule has 12 rings (SSSR count). The lowest BCUT2D eigenvalue weighted by Crippen LogP contribution is -2.01. The number of rotatable bonds is 5. The van der Waals surface area contributed by atoms with Gasteiger partial charge in [-0.1, -0.05) is 164 Å². The van der Waals surface area contributed by atoms with Crippen LogP contribution in [0.25, 0.3) is 116 Å². The highest BCUT2D eigenvalue weighted by atomic mass is 15.0. The molecule has 0 aliphatic carbocycles. The number of hydrogen-bond donors (Lipinski definition) is 0. The standard InChI is InChI=1S/C54H33N5/c1-2-14-37-31-40(29-24-34(37)13-1)51-50(55-49-23-11-12-30-59(49)51)35-25-27-36(28-26-35)52-56-53(47-32-38-15-3-5-17-41(38)43-19-7-9-21-45(43)47)58-54(57-52)48-33-39-16-4-6-18-42(39)44-20-8-10-22-46(44)48/h1-33H. The highest BCUT2D eigenvalue weighted by Gasteiger charge is 2.20. The number of nitrogens with zero attached hydrogens (tertiary/aromatic N) is 5. The van der Waals surface area contributed by atoms with Crippen LogP contribution in [0.1, 0.15) is 0 Å². The van der Waals surface area contributed by atoms with Crippen LogP contribution < -0.4 is 0 Å². The second-order valence-corrected chi connectivity index (χ2v) is 15.1. The van der Waals surface area contributed by atoms with E-state index < -0.39 is 0 Å². The minimum atomic E-state index is 0.607. The molecule has 5 heteroatoms. The van der Waals surface area contributed by atoms with Crippen molar-refractivity contribution in [3.63, 3.8) is 0 Å². The van der Waals surface area contributed by atoms with E-state index in [1.807, 2.05) is 6.07 Å². The van der Waals surface area contributed by atoms with Crippen molar-refractivity contribution >= 4 is 59.5 Å². The van der Waals surface area contributed by atoms with Crippen LogP contribution in [0.15, 0.2) is 200 Å². The molecule has 59 heavy (non-hydrogen) atoms. The molecule has 0 aliphatic rings. The lowest BCUT2D eigenvalue weighted by molar-refractivity contribution is 1.08. The normalized spacial score (nSPS) is 11.7. The van der Waals surface area contributed by atoms with Crippen LogP contribution >= 0.6 is 0 Å². The second-order valence-electron chi connectivity index (χ2n) is 15.1. The van der Waals surface area contributed by atoms with Crippen LogP contribution in [0.5, 0.6) is 0 Å².